The van der Waals surface area contributed by atoms with E-state index in [0.29, 0.717) is 33.2 Å². The summed E-state index contributed by atoms with van der Waals surface area (Å²) in [5, 5.41) is 7.94. The van der Waals surface area contributed by atoms with Gasteiger partial charge in [0.1, 0.15) is 12.3 Å². The van der Waals surface area contributed by atoms with Crippen LogP contribution in [0.15, 0.2) is 111 Å². The molecule has 4 aromatic carbocycles. The Kier molecular flexibility index (Phi) is 7.79. The van der Waals surface area contributed by atoms with Crippen molar-refractivity contribution in [3.63, 3.8) is 0 Å². The third-order valence-corrected chi connectivity index (χ3v) is 6.49. The van der Waals surface area contributed by atoms with E-state index < -0.39 is 0 Å². The number of amides is 2. The lowest BCUT2D eigenvalue weighted by molar-refractivity contribution is -0.121. The Labute approximate surface area is 232 Å². The van der Waals surface area contributed by atoms with Gasteiger partial charge in [0, 0.05) is 20.9 Å². The lowest BCUT2D eigenvalue weighted by Crippen LogP contribution is -2.25. The SMILES string of the molecule is O=C(Cn1c2ccccc2c(=O)c2ccccc21)N/N=C\c1ccc(OCC(=O)Nc2ccc(Br)cc2)cc1. The molecule has 2 N–H and O–H groups in total. The Hall–Kier alpha value is -4.76. The molecule has 9 heteroatoms. The standard InChI is InChI=1S/C30H23BrN4O4/c31-21-11-13-22(14-12-21)33-29(37)19-39-23-15-9-20(10-16-23)17-32-34-28(36)18-35-26-7-3-1-5-24(26)30(38)25-6-2-4-8-27(25)35/h1-17H,18-19H2,(H,33,37)(H,34,36)/b32-17-. The number of carbonyl (C=O) groups excluding carboxylic acids is 2. The first-order valence-corrected chi connectivity index (χ1v) is 12.9. The number of pyridine rings is 1. The van der Waals surface area contributed by atoms with Crippen molar-refractivity contribution >= 4 is 61.5 Å². The minimum absolute atomic E-state index is 0.00621. The molecule has 1 aromatic heterocycles. The number of aromatic nitrogens is 1. The van der Waals surface area contributed by atoms with E-state index in [2.05, 4.69) is 31.8 Å². The number of nitrogens with one attached hydrogen (secondary N) is 2. The molecule has 0 aliphatic carbocycles. The molecule has 0 bridgehead atoms. The van der Waals surface area contributed by atoms with Crippen LogP contribution in [0.1, 0.15) is 5.56 Å². The summed E-state index contributed by atoms with van der Waals surface area (Å²) in [6, 6.07) is 28.7. The first-order chi connectivity index (χ1) is 19.0. The summed E-state index contributed by atoms with van der Waals surface area (Å²) in [5.74, 6) is -0.0740. The highest BCUT2D eigenvalue weighted by Crippen LogP contribution is 2.19. The zero-order chi connectivity index (χ0) is 27.2. The van der Waals surface area contributed by atoms with Crippen molar-refractivity contribution in [1.82, 2.24) is 9.99 Å². The first kappa shape index (κ1) is 25.9. The molecular weight excluding hydrogens is 560 g/mol. The maximum atomic E-state index is 12.9. The molecule has 0 unspecified atom stereocenters. The molecule has 0 aliphatic heterocycles. The third kappa shape index (κ3) is 6.22. The van der Waals surface area contributed by atoms with Crippen LogP contribution in [0.5, 0.6) is 5.75 Å². The molecule has 0 saturated carbocycles. The largest absolute Gasteiger partial charge is 0.484 e. The van der Waals surface area contributed by atoms with Gasteiger partial charge in [0.15, 0.2) is 12.0 Å². The number of rotatable bonds is 8. The Morgan fingerprint density at radius 1 is 0.821 bits per heavy atom. The number of hydrogen-bond acceptors (Lipinski definition) is 5. The summed E-state index contributed by atoms with van der Waals surface area (Å²) < 4.78 is 8.29. The average Bonchev–Trinajstić information content (AvgIpc) is 2.96. The smallest absolute Gasteiger partial charge is 0.262 e. The van der Waals surface area contributed by atoms with E-state index in [9.17, 15) is 14.4 Å². The second-order valence-electron chi connectivity index (χ2n) is 8.66. The molecule has 39 heavy (non-hydrogen) atoms. The fourth-order valence-corrected chi connectivity index (χ4v) is 4.40. The predicted molar refractivity (Wildman–Crippen MR) is 156 cm³/mol. The Bertz CT molecular complexity index is 1690. The minimum atomic E-state index is -0.332. The molecule has 0 fully saturated rings. The number of hydrazone groups is 1. The lowest BCUT2D eigenvalue weighted by atomic mass is 10.1. The number of anilines is 1. The number of carbonyl (C=O) groups is 2. The molecule has 0 atom stereocenters. The highest BCUT2D eigenvalue weighted by atomic mass is 79.9. The maximum Gasteiger partial charge on any atom is 0.262 e. The van der Waals surface area contributed by atoms with Crippen molar-refractivity contribution < 1.29 is 14.3 Å². The zero-order valence-electron chi connectivity index (χ0n) is 20.6. The van der Waals surface area contributed by atoms with Crippen LogP contribution in [0.2, 0.25) is 0 Å². The van der Waals surface area contributed by atoms with Gasteiger partial charge in [0.05, 0.1) is 17.2 Å². The number of nitrogens with zero attached hydrogens (tertiary/aromatic N) is 2. The molecule has 0 radical (unpaired) electrons. The summed E-state index contributed by atoms with van der Waals surface area (Å²) in [4.78, 5) is 37.7. The summed E-state index contributed by atoms with van der Waals surface area (Å²) in [6.45, 7) is -0.137. The summed E-state index contributed by atoms with van der Waals surface area (Å²) in [5.41, 5.74) is 5.27. The summed E-state index contributed by atoms with van der Waals surface area (Å²) in [7, 11) is 0. The average molecular weight is 583 g/mol. The van der Waals surface area contributed by atoms with Crippen molar-refractivity contribution in [1.29, 1.82) is 0 Å². The van der Waals surface area contributed by atoms with Crippen LogP contribution in [0.4, 0.5) is 5.69 Å². The van der Waals surface area contributed by atoms with Gasteiger partial charge in [-0.3, -0.25) is 14.4 Å². The topological polar surface area (TPSA) is 102 Å². The normalized spacial score (nSPS) is 11.1. The molecule has 0 spiro atoms. The number of halogens is 1. The monoisotopic (exact) mass is 582 g/mol. The molecule has 5 rings (SSSR count). The second-order valence-corrected chi connectivity index (χ2v) is 9.57. The van der Waals surface area contributed by atoms with Gasteiger partial charge in [-0.1, -0.05) is 40.2 Å². The van der Waals surface area contributed by atoms with E-state index in [1.807, 2.05) is 53.1 Å². The van der Waals surface area contributed by atoms with Gasteiger partial charge < -0.3 is 14.6 Å². The van der Waals surface area contributed by atoms with Crippen molar-refractivity contribution in [3.8, 4) is 5.75 Å². The van der Waals surface area contributed by atoms with E-state index in [1.165, 1.54) is 6.21 Å². The predicted octanol–water partition coefficient (Wildman–Crippen LogP) is 5.09. The molecule has 0 saturated heterocycles. The summed E-state index contributed by atoms with van der Waals surface area (Å²) in [6.07, 6.45) is 1.52. The number of para-hydroxylation sites is 2. The van der Waals surface area contributed by atoms with E-state index in [4.69, 9.17) is 4.74 Å². The fraction of sp³-hybridized carbons (Fsp3) is 0.0667. The Morgan fingerprint density at radius 3 is 2.08 bits per heavy atom. The van der Waals surface area contributed by atoms with Crippen molar-refractivity contribution in [2.75, 3.05) is 11.9 Å². The molecule has 2 amide bonds. The zero-order valence-corrected chi connectivity index (χ0v) is 22.2. The van der Waals surface area contributed by atoms with Gasteiger partial charge in [-0.15, -0.1) is 0 Å². The van der Waals surface area contributed by atoms with Crippen molar-refractivity contribution in [2.45, 2.75) is 6.54 Å². The lowest BCUT2D eigenvalue weighted by Gasteiger charge is -2.14. The second kappa shape index (κ2) is 11.7. The molecular formula is C30H23BrN4O4. The van der Waals surface area contributed by atoms with E-state index in [-0.39, 0.29) is 30.4 Å². The van der Waals surface area contributed by atoms with Crippen molar-refractivity contribution in [2.24, 2.45) is 5.10 Å². The molecule has 194 valence electrons. The van der Waals surface area contributed by atoms with Gasteiger partial charge >= 0.3 is 0 Å². The molecule has 1 heterocycles. The van der Waals surface area contributed by atoms with Gasteiger partial charge in [-0.2, -0.15) is 5.10 Å². The number of fused-ring (bicyclic) bond motifs is 2. The van der Waals surface area contributed by atoms with Crippen LogP contribution in [-0.2, 0) is 16.1 Å². The molecule has 0 aliphatic rings. The van der Waals surface area contributed by atoms with Gasteiger partial charge in [-0.25, -0.2) is 5.43 Å². The quantitative estimate of drug-likeness (QED) is 0.151. The van der Waals surface area contributed by atoms with Crippen LogP contribution in [0, 0.1) is 0 Å². The Morgan fingerprint density at radius 2 is 1.44 bits per heavy atom. The fourth-order valence-electron chi connectivity index (χ4n) is 4.13. The molecule has 8 nitrogen and oxygen atoms in total. The van der Waals surface area contributed by atoms with Crippen LogP contribution < -0.4 is 20.9 Å². The van der Waals surface area contributed by atoms with E-state index in [1.54, 1.807) is 48.5 Å². The van der Waals surface area contributed by atoms with E-state index in [0.717, 1.165) is 10.0 Å². The van der Waals surface area contributed by atoms with Crippen LogP contribution in [-0.4, -0.2) is 29.2 Å². The minimum Gasteiger partial charge on any atom is -0.484 e. The van der Waals surface area contributed by atoms with Gasteiger partial charge in [0.25, 0.3) is 11.8 Å². The molecule has 5 aromatic rings. The Balaban J connectivity index is 1.18. The maximum absolute atomic E-state index is 12.9. The van der Waals surface area contributed by atoms with Crippen molar-refractivity contribution in [3.05, 3.63) is 117 Å². The van der Waals surface area contributed by atoms with E-state index >= 15 is 0 Å². The van der Waals surface area contributed by atoms with Crippen LogP contribution >= 0.6 is 15.9 Å². The number of hydrogen-bond donors (Lipinski definition) is 2. The van der Waals surface area contributed by atoms with Gasteiger partial charge in [0.2, 0.25) is 0 Å². The number of benzene rings is 4. The van der Waals surface area contributed by atoms with Gasteiger partial charge in [-0.05, 0) is 78.4 Å². The van der Waals surface area contributed by atoms with Crippen LogP contribution in [0.3, 0.4) is 0 Å². The summed E-state index contributed by atoms with van der Waals surface area (Å²) >= 11 is 3.35. The number of ether oxygens (including phenoxy) is 1. The first-order valence-electron chi connectivity index (χ1n) is 12.1. The highest BCUT2D eigenvalue weighted by Gasteiger charge is 2.12. The highest BCUT2D eigenvalue weighted by molar-refractivity contribution is 9.10. The third-order valence-electron chi connectivity index (χ3n) is 5.96. The van der Waals surface area contributed by atoms with Crippen LogP contribution in [0.25, 0.3) is 21.8 Å².